The second-order valence-electron chi connectivity index (χ2n) is 5.31. The van der Waals surface area contributed by atoms with Crippen LogP contribution in [0.1, 0.15) is 26.5 Å². The first-order valence-corrected chi connectivity index (χ1v) is 6.16. The fraction of sp³-hybridized carbons (Fsp3) is 0.727. The highest BCUT2D eigenvalue weighted by atomic mass is 79.9. The molecule has 4 nitrogen and oxygen atoms in total. The van der Waals surface area contributed by atoms with Crippen molar-refractivity contribution in [3.63, 3.8) is 0 Å². The van der Waals surface area contributed by atoms with E-state index in [4.69, 9.17) is 0 Å². The molecule has 0 spiro atoms. The SMILES string of the molecule is CN(C)CCn1[nH]c(C(C)(C)C)c(Br)c1=O. The molecule has 0 amide bonds. The van der Waals surface area contributed by atoms with Crippen LogP contribution in [0, 0.1) is 0 Å². The van der Waals surface area contributed by atoms with Crippen LogP contribution in [0.5, 0.6) is 0 Å². The number of aromatic nitrogens is 2. The summed E-state index contributed by atoms with van der Waals surface area (Å²) in [6.07, 6.45) is 0. The minimum atomic E-state index is -0.0542. The van der Waals surface area contributed by atoms with Crippen molar-refractivity contribution >= 4 is 15.9 Å². The molecule has 0 fully saturated rings. The molecule has 0 radical (unpaired) electrons. The van der Waals surface area contributed by atoms with E-state index in [-0.39, 0.29) is 11.0 Å². The fourth-order valence-electron chi connectivity index (χ4n) is 1.41. The molecular weight excluding hydrogens is 270 g/mol. The molecule has 0 aliphatic heterocycles. The van der Waals surface area contributed by atoms with Gasteiger partial charge in [0, 0.05) is 12.0 Å². The Labute approximate surface area is 105 Å². The Bertz CT molecular complexity index is 412. The third kappa shape index (κ3) is 2.98. The van der Waals surface area contributed by atoms with Crippen LogP contribution in [0.4, 0.5) is 0 Å². The van der Waals surface area contributed by atoms with Crippen LogP contribution < -0.4 is 5.56 Å². The van der Waals surface area contributed by atoms with Gasteiger partial charge in [-0.1, -0.05) is 20.8 Å². The Kier molecular flexibility index (Phi) is 4.02. The molecule has 0 bridgehead atoms. The third-order valence-corrected chi connectivity index (χ3v) is 3.16. The van der Waals surface area contributed by atoms with E-state index in [9.17, 15) is 4.79 Å². The van der Waals surface area contributed by atoms with Gasteiger partial charge in [0.2, 0.25) is 0 Å². The van der Waals surface area contributed by atoms with Crippen LogP contribution in [0.2, 0.25) is 0 Å². The lowest BCUT2D eigenvalue weighted by Gasteiger charge is -2.16. The van der Waals surface area contributed by atoms with Gasteiger partial charge >= 0.3 is 0 Å². The lowest BCUT2D eigenvalue weighted by atomic mass is 9.93. The molecule has 92 valence electrons. The van der Waals surface area contributed by atoms with E-state index in [1.54, 1.807) is 4.68 Å². The molecule has 16 heavy (non-hydrogen) atoms. The molecule has 0 saturated heterocycles. The van der Waals surface area contributed by atoms with Crippen LogP contribution in [0.25, 0.3) is 0 Å². The number of rotatable bonds is 3. The van der Waals surface area contributed by atoms with Crippen molar-refractivity contribution in [2.24, 2.45) is 0 Å². The zero-order valence-corrected chi connectivity index (χ0v) is 12.2. The standard InChI is InChI=1S/C11H20BrN3O/c1-11(2,3)9-8(12)10(16)15(13-9)7-6-14(4)5/h13H,6-7H2,1-5H3. The maximum absolute atomic E-state index is 11.9. The number of H-pyrrole nitrogens is 1. The summed E-state index contributed by atoms with van der Waals surface area (Å²) in [5.41, 5.74) is 0.921. The van der Waals surface area contributed by atoms with Gasteiger partial charge in [-0.05, 0) is 30.0 Å². The number of likely N-dealkylation sites (N-methyl/N-ethyl adjacent to an activating group) is 1. The van der Waals surface area contributed by atoms with Gasteiger partial charge in [-0.15, -0.1) is 0 Å². The molecule has 0 unspecified atom stereocenters. The molecule has 1 rings (SSSR count). The molecule has 1 N–H and O–H groups in total. The molecule has 0 aliphatic rings. The largest absolute Gasteiger partial charge is 0.308 e. The van der Waals surface area contributed by atoms with E-state index in [0.717, 1.165) is 12.2 Å². The first-order valence-electron chi connectivity index (χ1n) is 5.37. The lowest BCUT2D eigenvalue weighted by Crippen LogP contribution is -2.25. The normalized spacial score (nSPS) is 12.4. The van der Waals surface area contributed by atoms with Gasteiger partial charge in [0.25, 0.3) is 5.56 Å². The number of halogens is 1. The van der Waals surface area contributed by atoms with E-state index in [2.05, 4.69) is 46.7 Å². The number of hydrogen-bond acceptors (Lipinski definition) is 2. The van der Waals surface area contributed by atoms with Gasteiger partial charge in [-0.3, -0.25) is 14.6 Å². The molecule has 1 heterocycles. The fourth-order valence-corrected chi connectivity index (χ4v) is 2.31. The van der Waals surface area contributed by atoms with Gasteiger partial charge in [0.15, 0.2) is 0 Å². The minimum Gasteiger partial charge on any atom is -0.308 e. The highest BCUT2D eigenvalue weighted by Crippen LogP contribution is 2.25. The number of aromatic amines is 1. The second-order valence-corrected chi connectivity index (χ2v) is 6.10. The summed E-state index contributed by atoms with van der Waals surface area (Å²) in [6, 6.07) is 0. The highest BCUT2D eigenvalue weighted by Gasteiger charge is 2.22. The van der Waals surface area contributed by atoms with Crippen LogP contribution in [-0.4, -0.2) is 35.3 Å². The first-order chi connectivity index (χ1) is 7.23. The van der Waals surface area contributed by atoms with Crippen LogP contribution in [-0.2, 0) is 12.0 Å². The maximum Gasteiger partial charge on any atom is 0.281 e. The molecule has 0 aromatic carbocycles. The van der Waals surface area contributed by atoms with E-state index in [1.165, 1.54) is 0 Å². The van der Waals surface area contributed by atoms with Crippen molar-refractivity contribution < 1.29 is 0 Å². The predicted molar refractivity (Wildman–Crippen MR) is 70.0 cm³/mol. The van der Waals surface area contributed by atoms with E-state index in [0.29, 0.717) is 11.0 Å². The monoisotopic (exact) mass is 289 g/mol. The third-order valence-electron chi connectivity index (χ3n) is 2.42. The number of hydrogen-bond donors (Lipinski definition) is 1. The molecule has 0 aliphatic carbocycles. The molecule has 1 aromatic rings. The quantitative estimate of drug-likeness (QED) is 0.922. The van der Waals surface area contributed by atoms with Crippen LogP contribution >= 0.6 is 15.9 Å². The topological polar surface area (TPSA) is 41.0 Å². The predicted octanol–water partition coefficient (Wildman–Crippen LogP) is 1.80. The molecule has 1 aromatic heterocycles. The Morgan fingerprint density at radius 3 is 2.31 bits per heavy atom. The summed E-state index contributed by atoms with van der Waals surface area (Å²) in [5, 5.41) is 3.18. The van der Waals surface area contributed by atoms with Gasteiger partial charge < -0.3 is 4.90 Å². The summed E-state index contributed by atoms with van der Waals surface area (Å²) in [5.74, 6) is 0. The minimum absolute atomic E-state index is 0.0202. The smallest absolute Gasteiger partial charge is 0.281 e. The Balaban J connectivity index is 3.01. The van der Waals surface area contributed by atoms with Gasteiger partial charge in [0.05, 0.1) is 12.2 Å². The zero-order chi connectivity index (χ0) is 12.5. The van der Waals surface area contributed by atoms with E-state index >= 15 is 0 Å². The maximum atomic E-state index is 11.9. The summed E-state index contributed by atoms with van der Waals surface area (Å²) in [7, 11) is 3.99. The Morgan fingerprint density at radius 1 is 1.38 bits per heavy atom. The Morgan fingerprint density at radius 2 is 1.94 bits per heavy atom. The zero-order valence-electron chi connectivity index (χ0n) is 10.6. The van der Waals surface area contributed by atoms with Crippen molar-refractivity contribution in [2.75, 3.05) is 20.6 Å². The summed E-state index contributed by atoms with van der Waals surface area (Å²) < 4.78 is 2.31. The number of nitrogens with one attached hydrogen (secondary N) is 1. The summed E-state index contributed by atoms with van der Waals surface area (Å²) >= 11 is 3.37. The van der Waals surface area contributed by atoms with Crippen molar-refractivity contribution in [2.45, 2.75) is 32.7 Å². The molecule has 5 heteroatoms. The highest BCUT2D eigenvalue weighted by molar-refractivity contribution is 9.10. The average Bonchev–Trinajstić information content (AvgIpc) is 2.40. The average molecular weight is 290 g/mol. The summed E-state index contributed by atoms with van der Waals surface area (Å²) in [4.78, 5) is 14.0. The summed E-state index contributed by atoms with van der Waals surface area (Å²) in [6.45, 7) is 7.77. The van der Waals surface area contributed by atoms with E-state index < -0.39 is 0 Å². The van der Waals surface area contributed by atoms with Crippen molar-refractivity contribution in [1.29, 1.82) is 0 Å². The van der Waals surface area contributed by atoms with Crippen molar-refractivity contribution in [3.05, 3.63) is 20.5 Å². The van der Waals surface area contributed by atoms with Gasteiger partial charge in [-0.25, -0.2) is 0 Å². The number of nitrogens with zero attached hydrogens (tertiary/aromatic N) is 2. The second kappa shape index (κ2) is 4.75. The molecular formula is C11H20BrN3O. The molecule has 0 atom stereocenters. The van der Waals surface area contributed by atoms with E-state index in [1.807, 2.05) is 14.1 Å². The molecule has 0 saturated carbocycles. The Hall–Kier alpha value is -0.550. The van der Waals surface area contributed by atoms with Crippen molar-refractivity contribution in [3.8, 4) is 0 Å². The first kappa shape index (κ1) is 13.5. The van der Waals surface area contributed by atoms with Gasteiger partial charge in [-0.2, -0.15) is 0 Å². The van der Waals surface area contributed by atoms with Crippen molar-refractivity contribution in [1.82, 2.24) is 14.7 Å². The van der Waals surface area contributed by atoms with Gasteiger partial charge in [0.1, 0.15) is 4.47 Å². The van der Waals surface area contributed by atoms with Crippen LogP contribution in [0.15, 0.2) is 9.27 Å². The van der Waals surface area contributed by atoms with Crippen LogP contribution in [0.3, 0.4) is 0 Å². The lowest BCUT2D eigenvalue weighted by molar-refractivity contribution is 0.367.